The second kappa shape index (κ2) is 5.96. The molecule has 1 aromatic carbocycles. The second-order valence-corrected chi connectivity index (χ2v) is 4.78. The molecule has 1 aliphatic rings. The fourth-order valence-electron chi connectivity index (χ4n) is 2.37. The SMILES string of the molecule is COC1=CC(=O)C(c2cc(OC)cc(O)c2C(=O)O)=C(C)C1=O. The lowest BCUT2D eigenvalue weighted by Gasteiger charge is -2.18. The number of benzene rings is 1. The lowest BCUT2D eigenvalue weighted by molar-refractivity contribution is -0.117. The molecule has 0 atom stereocenters. The summed E-state index contributed by atoms with van der Waals surface area (Å²) in [6, 6.07) is 2.41. The maximum absolute atomic E-state index is 12.3. The molecule has 0 aromatic heterocycles. The van der Waals surface area contributed by atoms with E-state index in [4.69, 9.17) is 9.47 Å². The molecular weight excluding hydrogens is 304 g/mol. The number of aromatic hydroxyl groups is 1. The summed E-state index contributed by atoms with van der Waals surface area (Å²) in [5.41, 5.74) is -0.640. The van der Waals surface area contributed by atoms with Gasteiger partial charge in [-0.25, -0.2) is 4.79 Å². The first-order valence-corrected chi connectivity index (χ1v) is 6.52. The minimum atomic E-state index is -1.43. The Morgan fingerprint density at radius 3 is 2.30 bits per heavy atom. The smallest absolute Gasteiger partial charge is 0.340 e. The van der Waals surface area contributed by atoms with Crippen molar-refractivity contribution in [2.24, 2.45) is 0 Å². The van der Waals surface area contributed by atoms with Gasteiger partial charge in [-0.05, 0) is 13.0 Å². The Hall–Kier alpha value is -3.09. The van der Waals surface area contributed by atoms with Crippen molar-refractivity contribution in [3.05, 3.63) is 40.7 Å². The minimum absolute atomic E-state index is 0.0319. The van der Waals surface area contributed by atoms with E-state index < -0.39 is 28.8 Å². The monoisotopic (exact) mass is 318 g/mol. The van der Waals surface area contributed by atoms with Crippen LogP contribution in [0.4, 0.5) is 0 Å². The Balaban J connectivity index is 2.78. The highest BCUT2D eigenvalue weighted by atomic mass is 16.5. The number of hydrogen-bond donors (Lipinski definition) is 2. The average Bonchev–Trinajstić information content (AvgIpc) is 2.49. The van der Waals surface area contributed by atoms with Gasteiger partial charge in [0, 0.05) is 28.9 Å². The van der Waals surface area contributed by atoms with E-state index in [1.165, 1.54) is 27.2 Å². The Kier molecular flexibility index (Phi) is 4.22. The van der Waals surface area contributed by atoms with Crippen LogP contribution >= 0.6 is 0 Å². The van der Waals surface area contributed by atoms with Crippen LogP contribution in [0.3, 0.4) is 0 Å². The fourth-order valence-corrected chi connectivity index (χ4v) is 2.37. The molecule has 0 amide bonds. The number of methoxy groups -OCH3 is 2. The van der Waals surface area contributed by atoms with Gasteiger partial charge in [0.2, 0.25) is 5.78 Å². The largest absolute Gasteiger partial charge is 0.507 e. The molecule has 120 valence electrons. The summed E-state index contributed by atoms with van der Waals surface area (Å²) < 4.78 is 9.83. The third-order valence-electron chi connectivity index (χ3n) is 3.48. The molecule has 0 radical (unpaired) electrons. The minimum Gasteiger partial charge on any atom is -0.507 e. The fraction of sp³-hybridized carbons (Fsp3) is 0.188. The molecule has 2 N–H and O–H groups in total. The van der Waals surface area contributed by atoms with Gasteiger partial charge in [0.1, 0.15) is 17.1 Å². The predicted molar refractivity (Wildman–Crippen MR) is 79.3 cm³/mol. The third-order valence-corrected chi connectivity index (χ3v) is 3.48. The van der Waals surface area contributed by atoms with Gasteiger partial charge in [-0.2, -0.15) is 0 Å². The summed E-state index contributed by atoms with van der Waals surface area (Å²) in [6.07, 6.45) is 0.993. The van der Waals surface area contributed by atoms with Crippen molar-refractivity contribution >= 4 is 23.1 Å². The number of phenols is 1. The number of carbonyl (C=O) groups is 3. The molecule has 7 heteroatoms. The molecule has 0 saturated heterocycles. The second-order valence-electron chi connectivity index (χ2n) is 4.78. The van der Waals surface area contributed by atoms with E-state index in [-0.39, 0.29) is 28.2 Å². The van der Waals surface area contributed by atoms with Gasteiger partial charge in [-0.1, -0.05) is 0 Å². The lowest BCUT2D eigenvalue weighted by Crippen LogP contribution is -2.19. The molecular formula is C16H14O7. The van der Waals surface area contributed by atoms with Crippen molar-refractivity contribution in [2.45, 2.75) is 6.92 Å². The van der Waals surface area contributed by atoms with E-state index in [0.29, 0.717) is 0 Å². The van der Waals surface area contributed by atoms with Crippen LogP contribution in [-0.2, 0) is 14.3 Å². The molecule has 0 bridgehead atoms. The molecule has 7 nitrogen and oxygen atoms in total. The number of ketones is 2. The molecule has 0 heterocycles. The number of rotatable bonds is 4. The Morgan fingerprint density at radius 1 is 1.13 bits per heavy atom. The number of hydrogen-bond acceptors (Lipinski definition) is 6. The number of carboxylic acid groups (broad SMARTS) is 1. The number of aromatic carboxylic acids is 1. The van der Waals surface area contributed by atoms with Crippen molar-refractivity contribution in [1.82, 2.24) is 0 Å². The van der Waals surface area contributed by atoms with Crippen LogP contribution < -0.4 is 4.74 Å². The van der Waals surface area contributed by atoms with Gasteiger partial charge in [-0.15, -0.1) is 0 Å². The Morgan fingerprint density at radius 2 is 1.78 bits per heavy atom. The maximum atomic E-state index is 12.3. The van der Waals surface area contributed by atoms with E-state index in [0.717, 1.165) is 12.1 Å². The quantitative estimate of drug-likeness (QED) is 0.810. The van der Waals surface area contributed by atoms with E-state index in [2.05, 4.69) is 0 Å². The molecule has 0 unspecified atom stereocenters. The normalized spacial score (nSPS) is 14.7. The molecule has 0 aliphatic heterocycles. The zero-order valence-electron chi connectivity index (χ0n) is 12.7. The predicted octanol–water partition coefficient (Wildman–Crippen LogP) is 1.55. The summed E-state index contributed by atoms with van der Waals surface area (Å²) in [7, 11) is 2.59. The Labute approximate surface area is 131 Å². The molecule has 0 saturated carbocycles. The Bertz CT molecular complexity index is 784. The first-order valence-electron chi connectivity index (χ1n) is 6.52. The zero-order valence-corrected chi connectivity index (χ0v) is 12.7. The van der Waals surface area contributed by atoms with Crippen LogP contribution in [0.25, 0.3) is 5.57 Å². The van der Waals surface area contributed by atoms with Crippen LogP contribution in [0.1, 0.15) is 22.8 Å². The number of carbonyl (C=O) groups excluding carboxylic acids is 2. The van der Waals surface area contributed by atoms with Gasteiger partial charge in [0.15, 0.2) is 11.5 Å². The summed E-state index contributed by atoms with van der Waals surface area (Å²) in [6.45, 7) is 1.39. The first-order chi connectivity index (χ1) is 10.8. The van der Waals surface area contributed by atoms with Crippen LogP contribution in [0.2, 0.25) is 0 Å². The molecule has 1 aliphatic carbocycles. The van der Waals surface area contributed by atoms with Gasteiger partial charge >= 0.3 is 5.97 Å². The van der Waals surface area contributed by atoms with Crippen molar-refractivity contribution < 1.29 is 34.1 Å². The maximum Gasteiger partial charge on any atom is 0.340 e. The van der Waals surface area contributed by atoms with Crippen LogP contribution in [-0.4, -0.2) is 42.0 Å². The van der Waals surface area contributed by atoms with Crippen molar-refractivity contribution in [3.8, 4) is 11.5 Å². The lowest BCUT2D eigenvalue weighted by atomic mass is 9.86. The molecule has 23 heavy (non-hydrogen) atoms. The highest BCUT2D eigenvalue weighted by Gasteiger charge is 2.31. The standard InChI is InChI=1S/C16H14O7/c1-7-13(11(18)6-12(23-3)15(7)19)9-4-8(22-2)5-10(17)14(9)16(20)21/h4-6,17H,1-3H3,(H,20,21). The van der Waals surface area contributed by atoms with Crippen LogP contribution in [0.5, 0.6) is 11.5 Å². The van der Waals surface area contributed by atoms with Crippen LogP contribution in [0, 0.1) is 0 Å². The van der Waals surface area contributed by atoms with E-state index in [1.807, 2.05) is 0 Å². The number of Topliss-reactive ketones (excluding diaryl/α,β-unsaturated/α-hetero) is 1. The molecule has 0 spiro atoms. The zero-order chi connectivity index (χ0) is 17.3. The van der Waals surface area contributed by atoms with E-state index in [9.17, 15) is 24.6 Å². The molecule has 1 aromatic rings. The van der Waals surface area contributed by atoms with Gasteiger partial charge in [-0.3, -0.25) is 9.59 Å². The number of carboxylic acids is 1. The van der Waals surface area contributed by atoms with Gasteiger partial charge < -0.3 is 19.7 Å². The average molecular weight is 318 g/mol. The van der Waals surface area contributed by atoms with Gasteiger partial charge in [0.25, 0.3) is 0 Å². The summed E-state index contributed by atoms with van der Waals surface area (Å²) in [5, 5.41) is 19.2. The number of ether oxygens (including phenoxy) is 2. The van der Waals surface area contributed by atoms with Crippen LogP contribution in [0.15, 0.2) is 29.5 Å². The third kappa shape index (κ3) is 2.68. The highest BCUT2D eigenvalue weighted by molar-refractivity contribution is 6.37. The van der Waals surface area contributed by atoms with E-state index >= 15 is 0 Å². The summed E-state index contributed by atoms with van der Waals surface area (Å²) >= 11 is 0. The molecule has 0 fully saturated rings. The first kappa shape index (κ1) is 16.3. The van der Waals surface area contributed by atoms with Crippen molar-refractivity contribution in [2.75, 3.05) is 14.2 Å². The highest BCUT2D eigenvalue weighted by Crippen LogP contribution is 2.36. The van der Waals surface area contributed by atoms with Crippen molar-refractivity contribution in [3.63, 3.8) is 0 Å². The van der Waals surface area contributed by atoms with Gasteiger partial charge in [0.05, 0.1) is 14.2 Å². The number of allylic oxidation sites excluding steroid dienone is 3. The summed E-state index contributed by atoms with van der Waals surface area (Å²) in [4.78, 5) is 35.9. The summed E-state index contributed by atoms with van der Waals surface area (Å²) in [5.74, 6) is -3.07. The molecule has 2 rings (SSSR count). The van der Waals surface area contributed by atoms with Crippen molar-refractivity contribution in [1.29, 1.82) is 0 Å². The van der Waals surface area contributed by atoms with E-state index in [1.54, 1.807) is 0 Å². The topological polar surface area (TPSA) is 110 Å².